The van der Waals surface area contributed by atoms with E-state index in [0.717, 1.165) is 36.7 Å². The highest BCUT2D eigenvalue weighted by atomic mass is 16.5. The molecule has 2 nitrogen and oxygen atoms in total. The largest absolute Gasteiger partial charge is 0.390 e. The van der Waals surface area contributed by atoms with Crippen LogP contribution in [0.15, 0.2) is 11.6 Å². The van der Waals surface area contributed by atoms with Crippen LogP contribution in [0.25, 0.3) is 0 Å². The molecule has 4 aliphatic carbocycles. The van der Waals surface area contributed by atoms with Crippen LogP contribution < -0.4 is 0 Å². The summed E-state index contributed by atoms with van der Waals surface area (Å²) in [7, 11) is 0. The van der Waals surface area contributed by atoms with E-state index in [1.807, 2.05) is 27.7 Å². The van der Waals surface area contributed by atoms with E-state index in [1.54, 1.807) is 5.57 Å². The maximum absolute atomic E-state index is 10.2. The second kappa shape index (κ2) is 11.0. The second-order valence-electron chi connectivity index (χ2n) is 13.8. The lowest BCUT2D eigenvalue weighted by Gasteiger charge is -2.59. The van der Waals surface area contributed by atoms with Crippen molar-refractivity contribution < 1.29 is 9.84 Å². The first-order valence-electron chi connectivity index (χ1n) is 15.0. The number of aliphatic hydroxyl groups is 1. The van der Waals surface area contributed by atoms with Crippen LogP contribution in [0.4, 0.5) is 0 Å². The van der Waals surface area contributed by atoms with Gasteiger partial charge < -0.3 is 9.84 Å². The number of allylic oxidation sites excluding steroid dienone is 1. The molecule has 0 radical (unpaired) electrons. The van der Waals surface area contributed by atoms with Gasteiger partial charge in [0.2, 0.25) is 0 Å². The molecule has 34 heavy (non-hydrogen) atoms. The Balaban J connectivity index is 0.00000158. The Kier molecular flexibility index (Phi) is 9.10. The van der Waals surface area contributed by atoms with Crippen LogP contribution in [-0.2, 0) is 4.74 Å². The van der Waals surface area contributed by atoms with Gasteiger partial charge in [0.25, 0.3) is 0 Å². The monoisotopic (exact) mass is 474 g/mol. The summed E-state index contributed by atoms with van der Waals surface area (Å²) in [4.78, 5) is 0. The van der Waals surface area contributed by atoms with Crippen LogP contribution in [0.2, 0.25) is 0 Å². The molecule has 0 amide bonds. The lowest BCUT2D eigenvalue weighted by molar-refractivity contribution is -0.0743. The molecule has 3 saturated carbocycles. The van der Waals surface area contributed by atoms with Crippen LogP contribution >= 0.6 is 0 Å². The van der Waals surface area contributed by atoms with E-state index in [2.05, 4.69) is 40.7 Å². The SMILES string of the molecule is CC.CC(C)COC1CCC2(C)C(=CCC3C2CCC2(C)C(CCCC(C)(C)O)CCC32)C1C. The topological polar surface area (TPSA) is 29.5 Å². The van der Waals surface area contributed by atoms with E-state index in [4.69, 9.17) is 4.74 Å². The molecule has 3 fully saturated rings. The zero-order valence-electron chi connectivity index (χ0n) is 24.3. The van der Waals surface area contributed by atoms with E-state index in [-0.39, 0.29) is 0 Å². The molecule has 4 aliphatic rings. The molecule has 0 bridgehead atoms. The summed E-state index contributed by atoms with van der Waals surface area (Å²) in [5.41, 5.74) is 2.18. The van der Waals surface area contributed by atoms with Crippen LogP contribution in [0.5, 0.6) is 0 Å². The van der Waals surface area contributed by atoms with Crippen LogP contribution in [0, 0.1) is 46.3 Å². The van der Waals surface area contributed by atoms with Crippen molar-refractivity contribution in [3.8, 4) is 0 Å². The molecule has 8 unspecified atom stereocenters. The van der Waals surface area contributed by atoms with Crippen molar-refractivity contribution in [1.29, 1.82) is 0 Å². The van der Waals surface area contributed by atoms with Gasteiger partial charge in [-0.3, -0.25) is 0 Å². The summed E-state index contributed by atoms with van der Waals surface area (Å²) < 4.78 is 6.39. The Morgan fingerprint density at radius 1 is 1.06 bits per heavy atom. The molecule has 198 valence electrons. The summed E-state index contributed by atoms with van der Waals surface area (Å²) in [6, 6.07) is 0. The average Bonchev–Trinajstić information content (AvgIpc) is 3.10. The minimum Gasteiger partial charge on any atom is -0.390 e. The molecule has 8 atom stereocenters. The lowest BCUT2D eigenvalue weighted by atomic mass is 9.46. The van der Waals surface area contributed by atoms with E-state index in [0.29, 0.717) is 28.8 Å². The van der Waals surface area contributed by atoms with Gasteiger partial charge >= 0.3 is 0 Å². The van der Waals surface area contributed by atoms with Gasteiger partial charge in [-0.25, -0.2) is 0 Å². The predicted molar refractivity (Wildman–Crippen MR) is 146 cm³/mol. The third-order valence-corrected chi connectivity index (χ3v) is 10.7. The first kappa shape index (κ1) is 28.2. The molecule has 0 saturated heterocycles. The van der Waals surface area contributed by atoms with E-state index in [9.17, 15) is 5.11 Å². The number of hydrogen-bond acceptors (Lipinski definition) is 2. The van der Waals surface area contributed by atoms with Crippen LogP contribution in [-0.4, -0.2) is 23.4 Å². The zero-order chi connectivity index (χ0) is 25.3. The Labute approximate surface area is 212 Å². The molecule has 2 heteroatoms. The average molecular weight is 475 g/mol. The Morgan fingerprint density at radius 3 is 2.41 bits per heavy atom. The summed E-state index contributed by atoms with van der Waals surface area (Å²) in [5, 5.41) is 10.2. The van der Waals surface area contributed by atoms with Gasteiger partial charge in [0.15, 0.2) is 0 Å². The maximum Gasteiger partial charge on any atom is 0.0638 e. The summed E-state index contributed by atoms with van der Waals surface area (Å²) in [6.45, 7) is 21.1. The van der Waals surface area contributed by atoms with Crippen LogP contribution in [0.1, 0.15) is 127 Å². The minimum absolute atomic E-state index is 0.403. The first-order chi connectivity index (χ1) is 16.0. The van der Waals surface area contributed by atoms with E-state index >= 15 is 0 Å². The first-order valence-corrected chi connectivity index (χ1v) is 15.0. The Bertz CT molecular complexity index is 688. The van der Waals surface area contributed by atoms with E-state index < -0.39 is 5.60 Å². The molecule has 0 aromatic rings. The van der Waals surface area contributed by atoms with Gasteiger partial charge in [-0.15, -0.1) is 0 Å². The highest BCUT2D eigenvalue weighted by Crippen LogP contribution is 2.67. The molecule has 0 aliphatic heterocycles. The van der Waals surface area contributed by atoms with E-state index in [1.165, 1.54) is 57.8 Å². The van der Waals surface area contributed by atoms with Gasteiger partial charge in [0.05, 0.1) is 11.7 Å². The predicted octanol–water partition coefficient (Wildman–Crippen LogP) is 8.82. The molecular weight excluding hydrogens is 416 g/mol. The van der Waals surface area contributed by atoms with Gasteiger partial charge in [0.1, 0.15) is 0 Å². The minimum atomic E-state index is -0.510. The van der Waals surface area contributed by atoms with Crippen molar-refractivity contribution in [2.24, 2.45) is 46.3 Å². The van der Waals surface area contributed by atoms with Gasteiger partial charge in [-0.2, -0.15) is 0 Å². The highest BCUT2D eigenvalue weighted by molar-refractivity contribution is 5.27. The summed E-state index contributed by atoms with van der Waals surface area (Å²) in [5.74, 6) is 4.75. The normalized spacial score (nSPS) is 41.7. The van der Waals surface area contributed by atoms with Crippen molar-refractivity contribution >= 4 is 0 Å². The zero-order valence-corrected chi connectivity index (χ0v) is 24.3. The fourth-order valence-corrected chi connectivity index (χ4v) is 8.95. The standard InChI is InChI=1S/C30H52O2.C2H6/c1-20(2)19-32-27-15-18-30(7)24(21(27)3)13-11-23-25-12-10-22(9-8-16-28(4,5)31)29(25,6)17-14-26(23)30;1-2/h13,20-23,25-27,31H,8-12,14-19H2,1-7H3;1-2H3. The van der Waals surface area contributed by atoms with Crippen molar-refractivity contribution in [2.45, 2.75) is 138 Å². The molecule has 0 aromatic carbocycles. The molecule has 0 heterocycles. The van der Waals surface area contributed by atoms with Crippen molar-refractivity contribution in [2.75, 3.05) is 6.61 Å². The molecular formula is C32H58O2. The second-order valence-corrected chi connectivity index (χ2v) is 13.8. The van der Waals surface area contributed by atoms with Gasteiger partial charge in [-0.1, -0.05) is 66.5 Å². The van der Waals surface area contributed by atoms with Gasteiger partial charge in [-0.05, 0) is 112 Å². The maximum atomic E-state index is 10.2. The number of fused-ring (bicyclic) bond motifs is 5. The molecule has 4 rings (SSSR count). The third-order valence-electron chi connectivity index (χ3n) is 10.7. The number of hydrogen-bond donors (Lipinski definition) is 1. The quantitative estimate of drug-likeness (QED) is 0.373. The van der Waals surface area contributed by atoms with Crippen molar-refractivity contribution in [3.05, 3.63) is 11.6 Å². The third kappa shape index (κ3) is 5.49. The number of rotatable bonds is 7. The number of ether oxygens (including phenoxy) is 1. The fraction of sp³-hybridized carbons (Fsp3) is 0.938. The summed E-state index contributed by atoms with van der Waals surface area (Å²) >= 11 is 0. The Morgan fingerprint density at radius 2 is 1.76 bits per heavy atom. The summed E-state index contributed by atoms with van der Waals surface area (Å²) in [6.07, 6.45) is 16.2. The molecule has 0 aromatic heterocycles. The van der Waals surface area contributed by atoms with Crippen molar-refractivity contribution in [3.63, 3.8) is 0 Å². The van der Waals surface area contributed by atoms with Gasteiger partial charge in [0, 0.05) is 12.5 Å². The van der Waals surface area contributed by atoms with Crippen LogP contribution in [0.3, 0.4) is 0 Å². The lowest BCUT2D eigenvalue weighted by Crippen LogP contribution is -2.52. The molecule has 0 spiro atoms. The van der Waals surface area contributed by atoms with Crippen molar-refractivity contribution in [1.82, 2.24) is 0 Å². The highest BCUT2D eigenvalue weighted by Gasteiger charge is 2.59. The Hall–Kier alpha value is -0.340. The fourth-order valence-electron chi connectivity index (χ4n) is 8.95. The molecule has 1 N–H and O–H groups in total. The smallest absolute Gasteiger partial charge is 0.0638 e.